The predicted octanol–water partition coefficient (Wildman–Crippen LogP) is 4.32. The van der Waals surface area contributed by atoms with Crippen LogP contribution in [-0.4, -0.2) is 15.2 Å². The van der Waals surface area contributed by atoms with Crippen LogP contribution in [0.4, 0.5) is 5.69 Å². The molecular weight excluding hydrogens is 304 g/mol. The Balaban J connectivity index is 1.60. The lowest BCUT2D eigenvalue weighted by Gasteiger charge is -2.42. The van der Waals surface area contributed by atoms with Crippen molar-refractivity contribution >= 4 is 27.9 Å². The summed E-state index contributed by atoms with van der Waals surface area (Å²) in [6.45, 7) is 0. The second kappa shape index (κ2) is 4.35. The normalized spacial score (nSPS) is 34.3. The Morgan fingerprint density at radius 3 is 3.04 bits per heavy atom. The topological polar surface area (TPSA) is 53.6 Å². The average Bonchev–Trinajstić information content (AvgIpc) is 3.37. The smallest absolute Gasteiger partial charge is 0.115 e. The maximum absolute atomic E-state index is 4.65. The summed E-state index contributed by atoms with van der Waals surface area (Å²) >= 11 is 1.79. The summed E-state index contributed by atoms with van der Waals surface area (Å²) < 4.78 is 0. The standard InChI is InChI=1S/C18H18N4S/c1-2-10-7-9(1)14-15(10)17(18-19-5-6-23-18)21-13-4-3-12-11(16(13)14)8-20-22-12/h3-6,8-10,14-15,17,21H,1-2,7H2,(H,20,22). The first-order chi connectivity index (χ1) is 11.4. The van der Waals surface area contributed by atoms with Gasteiger partial charge in [0, 0.05) is 22.7 Å². The molecule has 2 aliphatic carbocycles. The Hall–Kier alpha value is -1.88. The van der Waals surface area contributed by atoms with Crippen LogP contribution in [0.3, 0.4) is 0 Å². The molecule has 0 amide bonds. The van der Waals surface area contributed by atoms with Gasteiger partial charge in [0.05, 0.1) is 17.8 Å². The molecule has 2 bridgehead atoms. The molecule has 2 saturated carbocycles. The Morgan fingerprint density at radius 2 is 2.13 bits per heavy atom. The maximum atomic E-state index is 4.65. The van der Waals surface area contributed by atoms with E-state index >= 15 is 0 Å². The molecule has 2 aromatic heterocycles. The molecule has 3 aromatic rings. The van der Waals surface area contributed by atoms with Gasteiger partial charge in [-0.2, -0.15) is 5.10 Å². The fourth-order valence-corrected chi connectivity index (χ4v) is 6.39. The van der Waals surface area contributed by atoms with Gasteiger partial charge in [0.15, 0.2) is 0 Å². The molecule has 0 spiro atoms. The molecule has 5 unspecified atom stereocenters. The number of thiazole rings is 1. The molecule has 5 heteroatoms. The van der Waals surface area contributed by atoms with E-state index in [1.807, 2.05) is 12.4 Å². The van der Waals surface area contributed by atoms with Crippen molar-refractivity contribution in [2.45, 2.75) is 31.2 Å². The largest absolute Gasteiger partial charge is 0.375 e. The van der Waals surface area contributed by atoms with Crippen LogP contribution in [-0.2, 0) is 0 Å². The van der Waals surface area contributed by atoms with Crippen LogP contribution in [0.2, 0.25) is 0 Å². The van der Waals surface area contributed by atoms with Gasteiger partial charge in [0.1, 0.15) is 5.01 Å². The summed E-state index contributed by atoms with van der Waals surface area (Å²) in [4.78, 5) is 4.65. The number of hydrogen-bond acceptors (Lipinski definition) is 4. The van der Waals surface area contributed by atoms with Gasteiger partial charge in [-0.15, -0.1) is 11.3 Å². The van der Waals surface area contributed by atoms with Gasteiger partial charge >= 0.3 is 0 Å². The van der Waals surface area contributed by atoms with E-state index < -0.39 is 0 Å². The molecule has 4 nitrogen and oxygen atoms in total. The maximum Gasteiger partial charge on any atom is 0.115 e. The van der Waals surface area contributed by atoms with Gasteiger partial charge < -0.3 is 5.32 Å². The monoisotopic (exact) mass is 322 g/mol. The van der Waals surface area contributed by atoms with E-state index in [0.29, 0.717) is 17.9 Å². The SMILES string of the molecule is c1csc(C2Nc3ccc4[nH]ncc4c3C3C4CCC(C4)C23)n1. The molecule has 5 atom stereocenters. The molecular formula is C18H18N4S. The molecule has 2 N–H and O–H groups in total. The van der Waals surface area contributed by atoms with Gasteiger partial charge in [0.25, 0.3) is 0 Å². The average molecular weight is 322 g/mol. The van der Waals surface area contributed by atoms with Crippen molar-refractivity contribution in [3.63, 3.8) is 0 Å². The Kier molecular flexibility index (Phi) is 2.37. The molecule has 116 valence electrons. The van der Waals surface area contributed by atoms with E-state index in [2.05, 4.69) is 38.0 Å². The van der Waals surface area contributed by atoms with Crippen molar-refractivity contribution in [2.75, 3.05) is 5.32 Å². The number of anilines is 1. The van der Waals surface area contributed by atoms with Gasteiger partial charge in [-0.1, -0.05) is 0 Å². The Labute approximate surface area is 138 Å². The van der Waals surface area contributed by atoms with E-state index in [1.54, 1.807) is 11.3 Å². The van der Waals surface area contributed by atoms with E-state index in [-0.39, 0.29) is 0 Å². The third kappa shape index (κ3) is 1.56. The van der Waals surface area contributed by atoms with Gasteiger partial charge in [-0.25, -0.2) is 4.98 Å². The third-order valence-corrected chi connectivity index (χ3v) is 7.25. The number of aromatic amines is 1. The highest BCUT2D eigenvalue weighted by molar-refractivity contribution is 7.09. The van der Waals surface area contributed by atoms with Crippen LogP contribution in [0.1, 0.15) is 41.8 Å². The number of H-pyrrole nitrogens is 1. The second-order valence-corrected chi connectivity index (χ2v) is 8.21. The highest BCUT2D eigenvalue weighted by Gasteiger charge is 2.54. The van der Waals surface area contributed by atoms with Crippen molar-refractivity contribution in [1.29, 1.82) is 0 Å². The van der Waals surface area contributed by atoms with Crippen LogP contribution in [0.15, 0.2) is 29.9 Å². The van der Waals surface area contributed by atoms with Gasteiger partial charge in [-0.3, -0.25) is 5.10 Å². The van der Waals surface area contributed by atoms with E-state index in [0.717, 1.165) is 11.8 Å². The van der Waals surface area contributed by atoms with Crippen LogP contribution < -0.4 is 5.32 Å². The first-order valence-electron chi connectivity index (χ1n) is 8.52. The van der Waals surface area contributed by atoms with Gasteiger partial charge in [-0.05, 0) is 60.6 Å². The first kappa shape index (κ1) is 12.5. The van der Waals surface area contributed by atoms with E-state index in [9.17, 15) is 0 Å². The molecule has 2 fully saturated rings. The molecule has 0 radical (unpaired) electrons. The van der Waals surface area contributed by atoms with Crippen molar-refractivity contribution in [3.05, 3.63) is 40.5 Å². The second-order valence-electron chi connectivity index (χ2n) is 7.29. The number of nitrogens with zero attached hydrogens (tertiary/aromatic N) is 2. The Morgan fingerprint density at radius 1 is 1.17 bits per heavy atom. The summed E-state index contributed by atoms with van der Waals surface area (Å²) in [5, 5.41) is 16.0. The van der Waals surface area contributed by atoms with Crippen molar-refractivity contribution in [3.8, 4) is 0 Å². The van der Waals surface area contributed by atoms with E-state index in [1.165, 1.54) is 46.4 Å². The molecule has 6 rings (SSSR count). The minimum Gasteiger partial charge on any atom is -0.375 e. The lowest BCUT2D eigenvalue weighted by Crippen LogP contribution is -2.35. The predicted molar refractivity (Wildman–Crippen MR) is 91.6 cm³/mol. The fourth-order valence-electron chi connectivity index (χ4n) is 5.65. The van der Waals surface area contributed by atoms with Crippen molar-refractivity contribution in [1.82, 2.24) is 15.2 Å². The lowest BCUT2D eigenvalue weighted by molar-refractivity contribution is 0.248. The third-order valence-electron chi connectivity index (χ3n) is 6.39. The van der Waals surface area contributed by atoms with Gasteiger partial charge in [0.2, 0.25) is 0 Å². The number of rotatable bonds is 1. The minimum absolute atomic E-state index is 0.382. The molecule has 1 aliphatic heterocycles. The number of aromatic nitrogens is 3. The highest BCUT2D eigenvalue weighted by atomic mass is 32.1. The zero-order valence-corrected chi connectivity index (χ0v) is 13.5. The summed E-state index contributed by atoms with van der Waals surface area (Å²) in [7, 11) is 0. The number of hydrogen-bond donors (Lipinski definition) is 2. The fraction of sp³-hybridized carbons (Fsp3) is 0.444. The first-order valence-corrected chi connectivity index (χ1v) is 9.40. The van der Waals surface area contributed by atoms with Crippen LogP contribution >= 0.6 is 11.3 Å². The number of nitrogens with one attached hydrogen (secondary N) is 2. The quantitative estimate of drug-likeness (QED) is 0.701. The summed E-state index contributed by atoms with van der Waals surface area (Å²) in [5.74, 6) is 3.05. The van der Waals surface area contributed by atoms with Crippen molar-refractivity contribution in [2.24, 2.45) is 17.8 Å². The zero-order valence-electron chi connectivity index (χ0n) is 12.7. The van der Waals surface area contributed by atoms with E-state index in [4.69, 9.17) is 0 Å². The van der Waals surface area contributed by atoms with Crippen LogP contribution in [0.5, 0.6) is 0 Å². The summed E-state index contributed by atoms with van der Waals surface area (Å²) in [6.07, 6.45) is 8.14. The molecule has 0 saturated heterocycles. The molecule has 3 heterocycles. The Bertz CT molecular complexity index is 884. The number of benzene rings is 1. The highest BCUT2D eigenvalue weighted by Crippen LogP contribution is 2.64. The summed E-state index contributed by atoms with van der Waals surface area (Å²) in [5.41, 5.74) is 3.98. The van der Waals surface area contributed by atoms with Crippen LogP contribution in [0, 0.1) is 17.8 Å². The van der Waals surface area contributed by atoms with Crippen LogP contribution in [0.25, 0.3) is 10.9 Å². The minimum atomic E-state index is 0.382. The summed E-state index contributed by atoms with van der Waals surface area (Å²) in [6, 6.07) is 4.77. The molecule has 1 aromatic carbocycles. The molecule has 23 heavy (non-hydrogen) atoms. The molecule has 3 aliphatic rings. The lowest BCUT2D eigenvalue weighted by atomic mass is 9.69. The van der Waals surface area contributed by atoms with Crippen molar-refractivity contribution < 1.29 is 0 Å². The zero-order chi connectivity index (χ0) is 15.0. The number of fused-ring (bicyclic) bond motifs is 9.